The van der Waals surface area contributed by atoms with Crippen molar-refractivity contribution in [1.29, 1.82) is 0 Å². The number of hydrogen-bond donors (Lipinski definition) is 2. The first-order chi connectivity index (χ1) is 9.47. The SMILES string of the molecule is CC1CCCC(Nc2ccc([N+](=O)[O-])c(C(=O)O)c2)C1. The number of nitro groups is 1. The van der Waals surface area contributed by atoms with Crippen molar-refractivity contribution >= 4 is 17.3 Å². The number of anilines is 1. The van der Waals surface area contributed by atoms with Gasteiger partial charge in [0.1, 0.15) is 5.56 Å². The molecule has 0 aromatic heterocycles. The largest absolute Gasteiger partial charge is 0.477 e. The topological polar surface area (TPSA) is 92.5 Å². The lowest BCUT2D eigenvalue weighted by molar-refractivity contribution is -0.385. The third kappa shape index (κ3) is 3.26. The Balaban J connectivity index is 2.18. The molecule has 6 heteroatoms. The fraction of sp³-hybridized carbons (Fsp3) is 0.500. The van der Waals surface area contributed by atoms with E-state index in [9.17, 15) is 14.9 Å². The van der Waals surface area contributed by atoms with Crippen LogP contribution >= 0.6 is 0 Å². The minimum absolute atomic E-state index is 0.274. The number of carbonyl (C=O) groups is 1. The maximum Gasteiger partial charge on any atom is 0.342 e. The van der Waals surface area contributed by atoms with Crippen molar-refractivity contribution in [1.82, 2.24) is 0 Å². The van der Waals surface area contributed by atoms with Crippen LogP contribution in [0.3, 0.4) is 0 Å². The van der Waals surface area contributed by atoms with Crippen LogP contribution in [0, 0.1) is 16.0 Å². The molecule has 2 atom stereocenters. The molecule has 1 aromatic rings. The molecule has 1 aromatic carbocycles. The van der Waals surface area contributed by atoms with Gasteiger partial charge in [-0.25, -0.2) is 4.79 Å². The zero-order valence-corrected chi connectivity index (χ0v) is 11.3. The standard InChI is InChI=1S/C14H18N2O4/c1-9-3-2-4-10(7-9)15-11-5-6-13(16(19)20)12(8-11)14(17)18/h5-6,8-10,15H,2-4,7H2,1H3,(H,17,18). The summed E-state index contributed by atoms with van der Waals surface area (Å²) in [6.45, 7) is 2.20. The molecule has 0 saturated heterocycles. The van der Waals surface area contributed by atoms with E-state index in [-0.39, 0.29) is 11.3 Å². The maximum atomic E-state index is 11.1. The molecule has 1 fully saturated rings. The van der Waals surface area contributed by atoms with E-state index in [1.807, 2.05) is 0 Å². The zero-order chi connectivity index (χ0) is 14.7. The summed E-state index contributed by atoms with van der Waals surface area (Å²) in [6, 6.07) is 4.48. The number of carboxylic acids is 1. The molecule has 6 nitrogen and oxygen atoms in total. The first-order valence-corrected chi connectivity index (χ1v) is 6.75. The first kappa shape index (κ1) is 14.3. The van der Waals surface area contributed by atoms with Crippen LogP contribution < -0.4 is 5.32 Å². The highest BCUT2D eigenvalue weighted by Crippen LogP contribution is 2.28. The highest BCUT2D eigenvalue weighted by Gasteiger charge is 2.22. The normalized spacial score (nSPS) is 22.2. The fourth-order valence-corrected chi connectivity index (χ4v) is 2.76. The summed E-state index contributed by atoms with van der Waals surface area (Å²) in [4.78, 5) is 21.2. The summed E-state index contributed by atoms with van der Waals surface area (Å²) in [6.07, 6.45) is 4.46. The second-order valence-corrected chi connectivity index (χ2v) is 5.41. The van der Waals surface area contributed by atoms with Gasteiger partial charge >= 0.3 is 5.97 Å². The van der Waals surface area contributed by atoms with Crippen LogP contribution in [0.15, 0.2) is 18.2 Å². The van der Waals surface area contributed by atoms with Gasteiger partial charge in [0, 0.05) is 17.8 Å². The Kier molecular flexibility index (Phi) is 4.22. The van der Waals surface area contributed by atoms with E-state index in [1.165, 1.54) is 18.6 Å². The van der Waals surface area contributed by atoms with Crippen LogP contribution in [0.5, 0.6) is 0 Å². The second kappa shape index (κ2) is 5.90. The Hall–Kier alpha value is -2.11. The Morgan fingerprint density at radius 1 is 1.45 bits per heavy atom. The van der Waals surface area contributed by atoms with Crippen molar-refractivity contribution in [3.05, 3.63) is 33.9 Å². The lowest BCUT2D eigenvalue weighted by Gasteiger charge is -2.28. The van der Waals surface area contributed by atoms with E-state index in [1.54, 1.807) is 6.07 Å². The average molecular weight is 278 g/mol. The Labute approximate surface area is 117 Å². The van der Waals surface area contributed by atoms with E-state index >= 15 is 0 Å². The third-order valence-corrected chi connectivity index (χ3v) is 3.73. The molecule has 0 amide bonds. The van der Waals surface area contributed by atoms with Crippen LogP contribution in [-0.4, -0.2) is 22.0 Å². The van der Waals surface area contributed by atoms with E-state index < -0.39 is 10.9 Å². The number of rotatable bonds is 4. The van der Waals surface area contributed by atoms with Gasteiger partial charge in [-0.1, -0.05) is 19.8 Å². The molecule has 1 saturated carbocycles. The number of nitro benzene ring substituents is 1. The van der Waals surface area contributed by atoms with E-state index in [0.717, 1.165) is 19.3 Å². The van der Waals surface area contributed by atoms with Gasteiger partial charge in [-0.05, 0) is 30.9 Å². The lowest BCUT2D eigenvalue weighted by Crippen LogP contribution is -2.26. The number of aromatic carboxylic acids is 1. The second-order valence-electron chi connectivity index (χ2n) is 5.41. The van der Waals surface area contributed by atoms with Crippen molar-refractivity contribution in [2.24, 2.45) is 5.92 Å². The molecule has 1 aliphatic carbocycles. The lowest BCUT2D eigenvalue weighted by atomic mass is 9.87. The van der Waals surface area contributed by atoms with Gasteiger partial charge in [0.05, 0.1) is 4.92 Å². The van der Waals surface area contributed by atoms with Gasteiger partial charge in [0.15, 0.2) is 0 Å². The minimum atomic E-state index is -1.28. The Morgan fingerprint density at radius 2 is 2.20 bits per heavy atom. The van der Waals surface area contributed by atoms with E-state index in [2.05, 4.69) is 12.2 Å². The average Bonchev–Trinajstić information content (AvgIpc) is 2.38. The number of carboxylic acid groups (broad SMARTS) is 1. The predicted molar refractivity (Wildman–Crippen MR) is 75.1 cm³/mol. The summed E-state index contributed by atoms with van der Waals surface area (Å²) in [7, 11) is 0. The zero-order valence-electron chi connectivity index (χ0n) is 11.3. The maximum absolute atomic E-state index is 11.1. The molecule has 0 radical (unpaired) electrons. The summed E-state index contributed by atoms with van der Waals surface area (Å²) >= 11 is 0. The number of hydrogen-bond acceptors (Lipinski definition) is 4. The van der Waals surface area contributed by atoms with Gasteiger partial charge in [-0.3, -0.25) is 10.1 Å². The first-order valence-electron chi connectivity index (χ1n) is 6.75. The molecular weight excluding hydrogens is 260 g/mol. The minimum Gasteiger partial charge on any atom is -0.477 e. The van der Waals surface area contributed by atoms with Crippen LogP contribution in [0.25, 0.3) is 0 Å². The van der Waals surface area contributed by atoms with Crippen LogP contribution in [0.1, 0.15) is 43.0 Å². The summed E-state index contributed by atoms with van der Waals surface area (Å²) < 4.78 is 0. The van der Waals surface area contributed by atoms with Crippen molar-refractivity contribution in [3.8, 4) is 0 Å². The third-order valence-electron chi connectivity index (χ3n) is 3.73. The van der Waals surface area contributed by atoms with Gasteiger partial charge in [-0.2, -0.15) is 0 Å². The number of benzene rings is 1. The fourth-order valence-electron chi connectivity index (χ4n) is 2.76. The van der Waals surface area contributed by atoms with Gasteiger partial charge in [0.25, 0.3) is 5.69 Å². The summed E-state index contributed by atoms with van der Waals surface area (Å²) in [5.74, 6) is -0.629. The summed E-state index contributed by atoms with van der Waals surface area (Å²) in [5, 5.41) is 23.1. The quantitative estimate of drug-likeness (QED) is 0.651. The van der Waals surface area contributed by atoms with E-state index in [4.69, 9.17) is 5.11 Å². The van der Waals surface area contributed by atoms with Crippen LogP contribution in [0.2, 0.25) is 0 Å². The molecule has 2 unspecified atom stereocenters. The Morgan fingerprint density at radius 3 is 2.80 bits per heavy atom. The predicted octanol–water partition coefficient (Wildman–Crippen LogP) is 3.28. The molecule has 1 aliphatic rings. The van der Waals surface area contributed by atoms with Crippen LogP contribution in [-0.2, 0) is 0 Å². The molecular formula is C14H18N2O4. The number of nitrogens with one attached hydrogen (secondary N) is 1. The van der Waals surface area contributed by atoms with Crippen molar-refractivity contribution in [3.63, 3.8) is 0 Å². The molecule has 0 spiro atoms. The van der Waals surface area contributed by atoms with Gasteiger partial charge in [-0.15, -0.1) is 0 Å². The van der Waals surface area contributed by atoms with Gasteiger partial charge < -0.3 is 10.4 Å². The molecule has 108 valence electrons. The molecule has 2 N–H and O–H groups in total. The Bertz CT molecular complexity index is 530. The monoisotopic (exact) mass is 278 g/mol. The summed E-state index contributed by atoms with van der Waals surface area (Å²) in [5.41, 5.74) is -0.0176. The molecule has 20 heavy (non-hydrogen) atoms. The van der Waals surface area contributed by atoms with Crippen LogP contribution in [0.4, 0.5) is 11.4 Å². The van der Waals surface area contributed by atoms with Crippen molar-refractivity contribution in [2.45, 2.75) is 38.6 Å². The highest BCUT2D eigenvalue weighted by molar-refractivity contribution is 5.93. The van der Waals surface area contributed by atoms with E-state index in [0.29, 0.717) is 17.6 Å². The van der Waals surface area contributed by atoms with Gasteiger partial charge in [0.2, 0.25) is 0 Å². The molecule has 2 rings (SSSR count). The number of nitrogens with zero attached hydrogens (tertiary/aromatic N) is 1. The molecule has 0 bridgehead atoms. The molecule has 0 aliphatic heterocycles. The highest BCUT2D eigenvalue weighted by atomic mass is 16.6. The smallest absolute Gasteiger partial charge is 0.342 e. The van der Waals surface area contributed by atoms with Crippen molar-refractivity contribution < 1.29 is 14.8 Å². The van der Waals surface area contributed by atoms with Crippen molar-refractivity contribution in [2.75, 3.05) is 5.32 Å². The molecule has 0 heterocycles.